The van der Waals surface area contributed by atoms with Gasteiger partial charge in [0.05, 0.1) is 5.69 Å². The molecule has 0 bridgehead atoms. The minimum Gasteiger partial charge on any atom is -0.350 e. The molecular weight excluding hydrogens is 308 g/mol. The molecule has 2 aromatic rings. The number of anilines is 1. The number of hydrogen-bond acceptors (Lipinski definition) is 3. The minimum atomic E-state index is -1.17. The second-order valence-electron chi connectivity index (χ2n) is 5.75. The number of rotatable bonds is 3. The predicted octanol–water partition coefficient (Wildman–Crippen LogP) is 3.11. The van der Waals surface area contributed by atoms with Gasteiger partial charge in [0, 0.05) is 11.4 Å². The Balaban J connectivity index is 1.73. The Morgan fingerprint density at radius 3 is 2.61 bits per heavy atom. The lowest BCUT2D eigenvalue weighted by molar-refractivity contribution is -0.130. The van der Waals surface area contributed by atoms with E-state index in [2.05, 4.69) is 10.6 Å². The van der Waals surface area contributed by atoms with E-state index in [1.54, 1.807) is 6.92 Å². The molecular formula is C18H18N2O2S. The number of nitrogens with one attached hydrogen (secondary N) is 2. The topological polar surface area (TPSA) is 58.2 Å². The van der Waals surface area contributed by atoms with Gasteiger partial charge in [-0.3, -0.25) is 9.59 Å². The molecule has 0 aromatic heterocycles. The van der Waals surface area contributed by atoms with Gasteiger partial charge in [-0.15, -0.1) is 0 Å². The summed E-state index contributed by atoms with van der Waals surface area (Å²) in [6, 6.07) is 15.5. The fourth-order valence-electron chi connectivity index (χ4n) is 2.37. The Morgan fingerprint density at radius 2 is 1.87 bits per heavy atom. The highest BCUT2D eigenvalue weighted by molar-refractivity contribution is 8.02. The maximum Gasteiger partial charge on any atom is 0.250 e. The van der Waals surface area contributed by atoms with Gasteiger partial charge in [-0.05, 0) is 31.5 Å². The fourth-order valence-corrected chi connectivity index (χ4v) is 3.50. The Kier molecular flexibility index (Phi) is 4.13. The van der Waals surface area contributed by atoms with Crippen LogP contribution in [0.3, 0.4) is 0 Å². The molecule has 23 heavy (non-hydrogen) atoms. The van der Waals surface area contributed by atoms with Crippen LogP contribution in [0.2, 0.25) is 0 Å². The van der Waals surface area contributed by atoms with E-state index >= 15 is 0 Å². The number of fused-ring (bicyclic) bond motifs is 1. The fraction of sp³-hybridized carbons (Fsp3) is 0.222. The van der Waals surface area contributed by atoms with E-state index < -0.39 is 4.75 Å². The summed E-state index contributed by atoms with van der Waals surface area (Å²) < 4.78 is -1.17. The van der Waals surface area contributed by atoms with Crippen molar-refractivity contribution in [3.05, 3.63) is 59.7 Å². The molecule has 1 atom stereocenters. The molecule has 2 amide bonds. The molecule has 2 aromatic carbocycles. The van der Waals surface area contributed by atoms with Crippen molar-refractivity contribution in [2.75, 3.05) is 5.32 Å². The van der Waals surface area contributed by atoms with Crippen LogP contribution in [0.25, 0.3) is 0 Å². The third-order valence-corrected chi connectivity index (χ3v) is 5.24. The lowest BCUT2D eigenvalue weighted by atomic mass is 10.1. The number of benzene rings is 2. The van der Waals surface area contributed by atoms with Crippen LogP contribution in [-0.2, 0) is 16.1 Å². The van der Waals surface area contributed by atoms with Gasteiger partial charge in [-0.2, -0.15) is 0 Å². The Morgan fingerprint density at radius 1 is 1.17 bits per heavy atom. The summed E-state index contributed by atoms with van der Waals surface area (Å²) >= 11 is 1.29. The van der Waals surface area contributed by atoms with Gasteiger partial charge in [-0.1, -0.05) is 53.7 Å². The van der Waals surface area contributed by atoms with Gasteiger partial charge in [0.25, 0.3) is 0 Å². The van der Waals surface area contributed by atoms with Gasteiger partial charge in [0.1, 0.15) is 0 Å². The van der Waals surface area contributed by atoms with Crippen molar-refractivity contribution in [2.24, 2.45) is 0 Å². The van der Waals surface area contributed by atoms with E-state index in [0.717, 1.165) is 16.1 Å². The molecule has 0 fully saturated rings. The van der Waals surface area contributed by atoms with Gasteiger partial charge < -0.3 is 10.6 Å². The predicted molar refractivity (Wildman–Crippen MR) is 92.4 cm³/mol. The first-order chi connectivity index (χ1) is 11.0. The second kappa shape index (κ2) is 6.08. The normalized spacial score (nSPS) is 19.7. The maximum absolute atomic E-state index is 12.6. The van der Waals surface area contributed by atoms with E-state index in [9.17, 15) is 9.59 Å². The second-order valence-corrected chi connectivity index (χ2v) is 7.21. The molecule has 0 saturated carbocycles. The third-order valence-electron chi connectivity index (χ3n) is 3.89. The molecule has 1 heterocycles. The zero-order valence-corrected chi connectivity index (χ0v) is 13.9. The van der Waals surface area contributed by atoms with Crippen LogP contribution in [0.5, 0.6) is 0 Å². The van der Waals surface area contributed by atoms with Gasteiger partial charge in [0.2, 0.25) is 11.8 Å². The molecule has 1 unspecified atom stereocenters. The van der Waals surface area contributed by atoms with Crippen molar-refractivity contribution in [1.82, 2.24) is 5.32 Å². The molecule has 0 saturated heterocycles. The zero-order valence-electron chi connectivity index (χ0n) is 13.1. The minimum absolute atomic E-state index is 0.282. The number of amides is 2. The largest absolute Gasteiger partial charge is 0.350 e. The summed E-state index contributed by atoms with van der Waals surface area (Å²) in [4.78, 5) is 25.9. The van der Waals surface area contributed by atoms with Gasteiger partial charge in [-0.25, -0.2) is 0 Å². The van der Waals surface area contributed by atoms with Crippen LogP contribution in [-0.4, -0.2) is 16.6 Å². The van der Waals surface area contributed by atoms with E-state index in [1.807, 2.05) is 55.5 Å². The quantitative estimate of drug-likeness (QED) is 0.852. The summed E-state index contributed by atoms with van der Waals surface area (Å²) in [6.45, 7) is 4.08. The van der Waals surface area contributed by atoms with E-state index in [0.29, 0.717) is 6.54 Å². The van der Waals surface area contributed by atoms with Crippen molar-refractivity contribution in [1.29, 1.82) is 0 Å². The van der Waals surface area contributed by atoms with E-state index in [4.69, 9.17) is 0 Å². The van der Waals surface area contributed by atoms with Crippen LogP contribution in [0.15, 0.2) is 53.4 Å². The zero-order chi connectivity index (χ0) is 16.4. The highest BCUT2D eigenvalue weighted by Gasteiger charge is 2.45. The van der Waals surface area contributed by atoms with E-state index in [-0.39, 0.29) is 11.8 Å². The van der Waals surface area contributed by atoms with Crippen molar-refractivity contribution < 1.29 is 9.59 Å². The Hall–Kier alpha value is -2.27. The Labute approximate surface area is 139 Å². The van der Waals surface area contributed by atoms with Crippen molar-refractivity contribution in [3.8, 4) is 0 Å². The average Bonchev–Trinajstić information content (AvgIpc) is 2.55. The first kappa shape index (κ1) is 15.6. The highest BCUT2D eigenvalue weighted by atomic mass is 32.2. The summed E-state index contributed by atoms with van der Waals surface area (Å²) in [7, 11) is 0. The van der Waals surface area contributed by atoms with E-state index in [1.165, 1.54) is 17.3 Å². The first-order valence-electron chi connectivity index (χ1n) is 7.42. The summed E-state index contributed by atoms with van der Waals surface area (Å²) in [6.07, 6.45) is 0. The third kappa shape index (κ3) is 3.10. The molecule has 1 aliphatic rings. The van der Waals surface area contributed by atoms with Crippen LogP contribution in [0.1, 0.15) is 18.1 Å². The number of para-hydroxylation sites is 1. The molecule has 2 N–H and O–H groups in total. The molecule has 3 rings (SSSR count). The first-order valence-corrected chi connectivity index (χ1v) is 8.24. The lowest BCUT2D eigenvalue weighted by Gasteiger charge is -2.31. The molecule has 5 heteroatoms. The highest BCUT2D eigenvalue weighted by Crippen LogP contribution is 2.42. The smallest absolute Gasteiger partial charge is 0.250 e. The summed E-state index contributed by atoms with van der Waals surface area (Å²) in [5.74, 6) is -0.572. The number of aryl methyl sites for hydroxylation is 1. The van der Waals surface area contributed by atoms with Gasteiger partial charge >= 0.3 is 0 Å². The van der Waals surface area contributed by atoms with Crippen LogP contribution in [0, 0.1) is 6.92 Å². The number of carbonyl (C=O) groups excluding carboxylic acids is 2. The number of thioether (sulfide) groups is 1. The molecule has 0 aliphatic carbocycles. The van der Waals surface area contributed by atoms with Crippen LogP contribution < -0.4 is 10.6 Å². The van der Waals surface area contributed by atoms with Gasteiger partial charge in [0.15, 0.2) is 4.75 Å². The monoisotopic (exact) mass is 326 g/mol. The molecule has 0 radical (unpaired) electrons. The summed E-state index contributed by atoms with van der Waals surface area (Å²) in [5, 5.41) is 5.69. The molecule has 118 valence electrons. The molecule has 1 aliphatic heterocycles. The summed E-state index contributed by atoms with van der Waals surface area (Å²) in [5.41, 5.74) is 2.94. The molecule has 4 nitrogen and oxygen atoms in total. The molecule has 0 spiro atoms. The van der Waals surface area contributed by atoms with Crippen molar-refractivity contribution in [3.63, 3.8) is 0 Å². The average molecular weight is 326 g/mol. The lowest BCUT2D eigenvalue weighted by Crippen LogP contribution is -2.51. The van der Waals surface area contributed by atoms with Crippen LogP contribution in [0.4, 0.5) is 5.69 Å². The van der Waals surface area contributed by atoms with Crippen molar-refractivity contribution >= 4 is 29.3 Å². The number of carbonyl (C=O) groups is 2. The maximum atomic E-state index is 12.6. The van der Waals surface area contributed by atoms with Crippen LogP contribution >= 0.6 is 11.8 Å². The Bertz CT molecular complexity index is 758. The van der Waals surface area contributed by atoms with Crippen molar-refractivity contribution in [2.45, 2.75) is 30.0 Å². The number of hydrogen-bond donors (Lipinski definition) is 2. The standard InChI is InChI=1S/C18H18N2O2S/c1-12-7-9-13(10-8-12)11-19-16(21)18(2)17(22)20-14-5-3-4-6-15(14)23-18/h3-10H,11H2,1-2H3,(H,19,21)(H,20,22). The SMILES string of the molecule is Cc1ccc(CNC(=O)C2(C)Sc3ccccc3NC2=O)cc1.